The fourth-order valence-electron chi connectivity index (χ4n) is 2.59. The van der Waals surface area contributed by atoms with Gasteiger partial charge in [0, 0.05) is 31.2 Å². The average Bonchev–Trinajstić information content (AvgIpc) is 2.41. The Balaban J connectivity index is 2.13. The number of carboxylic acid groups (broad SMARTS) is 1. The molecule has 1 fully saturated rings. The Kier molecular flexibility index (Phi) is 5.02. The summed E-state index contributed by atoms with van der Waals surface area (Å²) in [6, 6.07) is 5.22. The first kappa shape index (κ1) is 15.3. The number of aliphatic carboxylic acids is 1. The molecule has 0 amide bonds. The van der Waals surface area contributed by atoms with Crippen LogP contribution in [-0.4, -0.2) is 60.1 Å². The molecule has 0 bridgehead atoms. The summed E-state index contributed by atoms with van der Waals surface area (Å²) in [5, 5.41) is 10.2. The zero-order valence-corrected chi connectivity index (χ0v) is 12.7. The minimum atomic E-state index is -0.756. The normalized spacial score (nSPS) is 18.9. The number of likely N-dealkylation sites (N-methyl/N-ethyl adjacent to an activating group) is 1. The number of rotatable bonds is 4. The van der Waals surface area contributed by atoms with Gasteiger partial charge in [-0.15, -0.1) is 0 Å². The molecule has 4 nitrogen and oxygen atoms in total. The molecule has 20 heavy (non-hydrogen) atoms. The molecule has 1 heterocycles. The predicted molar refractivity (Wildman–Crippen MR) is 80.4 cm³/mol. The highest BCUT2D eigenvalue weighted by atomic mass is 35.5. The van der Waals surface area contributed by atoms with Crippen LogP contribution in [0.3, 0.4) is 0 Å². The van der Waals surface area contributed by atoms with E-state index in [0.717, 1.165) is 37.3 Å². The Morgan fingerprint density at radius 1 is 1.35 bits per heavy atom. The van der Waals surface area contributed by atoms with Crippen molar-refractivity contribution in [2.45, 2.75) is 19.4 Å². The molecule has 1 aromatic carbocycles. The van der Waals surface area contributed by atoms with Crippen molar-refractivity contribution < 1.29 is 9.90 Å². The standard InChI is InChI=1S/C15H21ClN2O2/c1-11-12(4-3-5-13(11)16)10-14(15(19)20)18-8-6-17(2)7-9-18/h3-5,14H,6-10H2,1-2H3,(H,19,20). The molecule has 0 aromatic heterocycles. The molecule has 1 unspecified atom stereocenters. The first-order valence-corrected chi connectivity index (χ1v) is 7.26. The van der Waals surface area contributed by atoms with E-state index >= 15 is 0 Å². The van der Waals surface area contributed by atoms with Gasteiger partial charge in [-0.2, -0.15) is 0 Å². The summed E-state index contributed by atoms with van der Waals surface area (Å²) < 4.78 is 0. The number of carboxylic acids is 1. The Morgan fingerprint density at radius 2 is 2.00 bits per heavy atom. The van der Waals surface area contributed by atoms with E-state index in [1.54, 1.807) is 0 Å². The maximum atomic E-state index is 11.6. The molecule has 1 saturated heterocycles. The van der Waals surface area contributed by atoms with E-state index in [-0.39, 0.29) is 0 Å². The van der Waals surface area contributed by atoms with Gasteiger partial charge in [-0.1, -0.05) is 23.7 Å². The lowest BCUT2D eigenvalue weighted by atomic mass is 9.99. The number of carbonyl (C=O) groups is 1. The predicted octanol–water partition coefficient (Wildman–Crippen LogP) is 1.89. The molecule has 0 saturated carbocycles. The lowest BCUT2D eigenvalue weighted by Crippen LogP contribution is -2.52. The summed E-state index contributed by atoms with van der Waals surface area (Å²) in [5.41, 5.74) is 2.00. The molecule has 0 spiro atoms. The molecule has 1 atom stereocenters. The smallest absolute Gasteiger partial charge is 0.321 e. The van der Waals surface area contributed by atoms with E-state index in [0.29, 0.717) is 11.4 Å². The summed E-state index contributed by atoms with van der Waals surface area (Å²) >= 11 is 6.11. The van der Waals surface area contributed by atoms with Crippen molar-refractivity contribution in [3.8, 4) is 0 Å². The zero-order chi connectivity index (χ0) is 14.7. The number of benzene rings is 1. The Labute approximate surface area is 124 Å². The van der Waals surface area contributed by atoms with Crippen molar-refractivity contribution in [2.75, 3.05) is 33.2 Å². The first-order valence-electron chi connectivity index (χ1n) is 6.88. The first-order chi connectivity index (χ1) is 9.49. The average molecular weight is 297 g/mol. The van der Waals surface area contributed by atoms with Crippen molar-refractivity contribution in [3.63, 3.8) is 0 Å². The highest BCUT2D eigenvalue weighted by molar-refractivity contribution is 6.31. The molecular weight excluding hydrogens is 276 g/mol. The highest BCUT2D eigenvalue weighted by Crippen LogP contribution is 2.21. The largest absolute Gasteiger partial charge is 0.480 e. The molecule has 1 aliphatic heterocycles. The molecule has 0 radical (unpaired) electrons. The molecule has 2 rings (SSSR count). The monoisotopic (exact) mass is 296 g/mol. The van der Waals surface area contributed by atoms with Crippen molar-refractivity contribution in [3.05, 3.63) is 34.3 Å². The maximum absolute atomic E-state index is 11.6. The lowest BCUT2D eigenvalue weighted by Gasteiger charge is -2.36. The van der Waals surface area contributed by atoms with E-state index in [9.17, 15) is 9.90 Å². The number of hydrogen-bond acceptors (Lipinski definition) is 3. The Bertz CT molecular complexity index is 485. The van der Waals surface area contributed by atoms with Gasteiger partial charge >= 0.3 is 5.97 Å². The Hall–Kier alpha value is -1.10. The van der Waals surface area contributed by atoms with Crippen LogP contribution >= 0.6 is 11.6 Å². The third kappa shape index (κ3) is 3.51. The minimum Gasteiger partial charge on any atom is -0.480 e. The summed E-state index contributed by atoms with van der Waals surface area (Å²) in [4.78, 5) is 15.9. The van der Waals surface area contributed by atoms with Crippen LogP contribution in [0.4, 0.5) is 0 Å². The van der Waals surface area contributed by atoms with E-state index in [2.05, 4.69) is 16.8 Å². The van der Waals surface area contributed by atoms with Crippen LogP contribution in [-0.2, 0) is 11.2 Å². The van der Waals surface area contributed by atoms with Gasteiger partial charge in [0.15, 0.2) is 0 Å². The van der Waals surface area contributed by atoms with Gasteiger partial charge in [-0.25, -0.2) is 0 Å². The number of piperazine rings is 1. The van der Waals surface area contributed by atoms with Crippen molar-refractivity contribution in [1.82, 2.24) is 9.80 Å². The summed E-state index contributed by atoms with van der Waals surface area (Å²) in [5.74, 6) is -0.756. The molecule has 5 heteroatoms. The SMILES string of the molecule is Cc1c(Cl)cccc1CC(C(=O)O)N1CCN(C)CC1. The third-order valence-electron chi connectivity index (χ3n) is 4.06. The molecule has 110 valence electrons. The molecular formula is C15H21ClN2O2. The lowest BCUT2D eigenvalue weighted by molar-refractivity contribution is -0.144. The fourth-order valence-corrected chi connectivity index (χ4v) is 2.78. The molecule has 1 aliphatic rings. The van der Waals surface area contributed by atoms with Gasteiger partial charge in [-0.05, 0) is 37.6 Å². The van der Waals surface area contributed by atoms with Crippen molar-refractivity contribution in [1.29, 1.82) is 0 Å². The summed E-state index contributed by atoms with van der Waals surface area (Å²) in [6.07, 6.45) is 0.505. The van der Waals surface area contributed by atoms with Gasteiger partial charge in [0.05, 0.1) is 0 Å². The van der Waals surface area contributed by atoms with Crippen molar-refractivity contribution in [2.24, 2.45) is 0 Å². The van der Waals surface area contributed by atoms with Gasteiger partial charge < -0.3 is 10.0 Å². The van der Waals surface area contributed by atoms with Crippen LogP contribution in [0.1, 0.15) is 11.1 Å². The van der Waals surface area contributed by atoms with Gasteiger partial charge in [0.1, 0.15) is 6.04 Å². The second-order valence-electron chi connectivity index (χ2n) is 5.42. The second-order valence-corrected chi connectivity index (χ2v) is 5.83. The highest BCUT2D eigenvalue weighted by Gasteiger charge is 2.28. The second kappa shape index (κ2) is 6.57. The number of nitrogens with zero attached hydrogens (tertiary/aromatic N) is 2. The van der Waals surface area contributed by atoms with E-state index in [1.165, 1.54) is 0 Å². The zero-order valence-electron chi connectivity index (χ0n) is 12.0. The topological polar surface area (TPSA) is 43.8 Å². The van der Waals surface area contributed by atoms with Gasteiger partial charge in [0.2, 0.25) is 0 Å². The van der Waals surface area contributed by atoms with Crippen LogP contribution < -0.4 is 0 Å². The van der Waals surface area contributed by atoms with E-state index in [1.807, 2.05) is 25.1 Å². The van der Waals surface area contributed by atoms with Crippen LogP contribution in [0, 0.1) is 6.92 Å². The number of hydrogen-bond donors (Lipinski definition) is 1. The Morgan fingerprint density at radius 3 is 2.60 bits per heavy atom. The van der Waals surface area contributed by atoms with Crippen LogP contribution in [0.25, 0.3) is 0 Å². The van der Waals surface area contributed by atoms with Gasteiger partial charge in [0.25, 0.3) is 0 Å². The third-order valence-corrected chi connectivity index (χ3v) is 4.47. The molecule has 1 aromatic rings. The summed E-state index contributed by atoms with van der Waals surface area (Å²) in [6.45, 7) is 5.37. The minimum absolute atomic E-state index is 0.471. The van der Waals surface area contributed by atoms with E-state index in [4.69, 9.17) is 11.6 Å². The van der Waals surface area contributed by atoms with Crippen LogP contribution in [0.15, 0.2) is 18.2 Å². The fraction of sp³-hybridized carbons (Fsp3) is 0.533. The maximum Gasteiger partial charge on any atom is 0.321 e. The van der Waals surface area contributed by atoms with Gasteiger partial charge in [-0.3, -0.25) is 9.69 Å². The molecule has 0 aliphatic carbocycles. The molecule has 1 N–H and O–H groups in total. The van der Waals surface area contributed by atoms with Crippen LogP contribution in [0.5, 0.6) is 0 Å². The van der Waals surface area contributed by atoms with E-state index < -0.39 is 12.0 Å². The quantitative estimate of drug-likeness (QED) is 0.921. The van der Waals surface area contributed by atoms with Crippen molar-refractivity contribution >= 4 is 17.6 Å². The summed E-state index contributed by atoms with van der Waals surface area (Å²) in [7, 11) is 2.06. The van der Waals surface area contributed by atoms with Crippen LogP contribution in [0.2, 0.25) is 5.02 Å². The number of halogens is 1.